The summed E-state index contributed by atoms with van der Waals surface area (Å²) in [5.41, 5.74) is 0.658. The van der Waals surface area contributed by atoms with E-state index in [1.54, 1.807) is 30.3 Å². The van der Waals surface area contributed by atoms with Gasteiger partial charge in [-0.1, -0.05) is 30.3 Å². The molecule has 2 N–H and O–H groups in total. The van der Waals surface area contributed by atoms with E-state index in [-0.39, 0.29) is 22.8 Å². The van der Waals surface area contributed by atoms with Gasteiger partial charge in [-0.3, -0.25) is 9.59 Å². The van der Waals surface area contributed by atoms with Crippen LogP contribution in [0.15, 0.2) is 36.4 Å². The molecule has 2 aromatic carbocycles. The molecule has 6 nitrogen and oxygen atoms in total. The van der Waals surface area contributed by atoms with E-state index in [1.165, 1.54) is 0 Å². The minimum atomic E-state index is -0.688. The van der Waals surface area contributed by atoms with Crippen molar-refractivity contribution in [2.24, 2.45) is 0 Å². The Morgan fingerprint density at radius 3 is 2.09 bits per heavy atom. The topological polar surface area (TPSA) is 93.1 Å². The molecule has 0 radical (unpaired) electrons. The first-order valence-corrected chi connectivity index (χ1v) is 6.41. The monoisotopic (exact) mass is 302 g/mol. The third kappa shape index (κ3) is 3.17. The molecular formula is C16H14O6. The molecule has 0 aliphatic carbocycles. The van der Waals surface area contributed by atoms with Crippen molar-refractivity contribution in [2.75, 3.05) is 0 Å². The Balaban J connectivity index is 2.69. The maximum Gasteiger partial charge on any atom is 0.308 e. The Labute approximate surface area is 126 Å². The molecule has 0 unspecified atom stereocenters. The first-order chi connectivity index (χ1) is 10.4. The van der Waals surface area contributed by atoms with Crippen molar-refractivity contribution < 1.29 is 29.3 Å². The van der Waals surface area contributed by atoms with Crippen LogP contribution in [0.5, 0.6) is 23.0 Å². The maximum atomic E-state index is 11.3. The first kappa shape index (κ1) is 15.4. The van der Waals surface area contributed by atoms with E-state index in [9.17, 15) is 19.8 Å². The summed E-state index contributed by atoms with van der Waals surface area (Å²) in [6, 6.07) is 9.66. The summed E-state index contributed by atoms with van der Waals surface area (Å²) in [5.74, 6) is -2.77. The van der Waals surface area contributed by atoms with Crippen LogP contribution in [-0.2, 0) is 9.59 Å². The normalized spacial score (nSPS) is 10.1. The van der Waals surface area contributed by atoms with Crippen LogP contribution < -0.4 is 9.47 Å². The van der Waals surface area contributed by atoms with Crippen LogP contribution in [0.1, 0.15) is 13.8 Å². The number of ether oxygens (including phenoxy) is 2. The van der Waals surface area contributed by atoms with Crippen LogP contribution in [0, 0.1) is 0 Å². The zero-order valence-electron chi connectivity index (χ0n) is 12.0. The second-order valence-corrected chi connectivity index (χ2v) is 4.50. The molecule has 0 amide bonds. The maximum absolute atomic E-state index is 11.3. The third-order valence-corrected chi connectivity index (χ3v) is 2.76. The van der Waals surface area contributed by atoms with Crippen molar-refractivity contribution in [2.45, 2.75) is 13.8 Å². The number of esters is 2. The number of phenolic OH excluding ortho intramolecular Hbond substituents is 2. The molecule has 0 saturated heterocycles. The summed E-state index contributed by atoms with van der Waals surface area (Å²) < 4.78 is 9.79. The average molecular weight is 302 g/mol. The molecule has 0 aliphatic rings. The minimum Gasteiger partial charge on any atom is -0.507 e. The largest absolute Gasteiger partial charge is 0.507 e. The van der Waals surface area contributed by atoms with Crippen LogP contribution in [0.4, 0.5) is 0 Å². The third-order valence-electron chi connectivity index (χ3n) is 2.76. The highest BCUT2D eigenvalue weighted by molar-refractivity contribution is 5.86. The van der Waals surface area contributed by atoms with E-state index < -0.39 is 17.7 Å². The second-order valence-electron chi connectivity index (χ2n) is 4.50. The molecule has 0 atom stereocenters. The molecule has 22 heavy (non-hydrogen) atoms. The smallest absolute Gasteiger partial charge is 0.308 e. The van der Waals surface area contributed by atoms with Gasteiger partial charge >= 0.3 is 11.9 Å². The van der Waals surface area contributed by atoms with Gasteiger partial charge in [0.25, 0.3) is 0 Å². The van der Waals surface area contributed by atoms with E-state index in [0.29, 0.717) is 5.56 Å². The van der Waals surface area contributed by atoms with Crippen molar-refractivity contribution in [1.82, 2.24) is 0 Å². The van der Waals surface area contributed by atoms with Crippen LogP contribution in [0.2, 0.25) is 0 Å². The van der Waals surface area contributed by atoms with Gasteiger partial charge in [0, 0.05) is 19.9 Å². The number of benzene rings is 2. The van der Waals surface area contributed by atoms with Crippen molar-refractivity contribution in [1.29, 1.82) is 0 Å². The van der Waals surface area contributed by atoms with Gasteiger partial charge in [0.15, 0.2) is 11.5 Å². The van der Waals surface area contributed by atoms with Crippen LogP contribution in [0.25, 0.3) is 11.1 Å². The number of hydrogen-bond donors (Lipinski definition) is 2. The standard InChI is InChI=1S/C16H14O6/c1-9(17)21-13-8-12(19)14(11-6-4-3-5-7-11)16(15(13)20)22-10(2)18/h3-8,19-20H,1-2H3. The fourth-order valence-electron chi connectivity index (χ4n) is 1.97. The quantitative estimate of drug-likeness (QED) is 0.514. The van der Waals surface area contributed by atoms with Gasteiger partial charge in [-0.2, -0.15) is 0 Å². The van der Waals surface area contributed by atoms with Crippen molar-refractivity contribution in [3.05, 3.63) is 36.4 Å². The van der Waals surface area contributed by atoms with Gasteiger partial charge in [-0.15, -0.1) is 0 Å². The van der Waals surface area contributed by atoms with Crippen molar-refractivity contribution >= 4 is 11.9 Å². The molecule has 0 fully saturated rings. The highest BCUT2D eigenvalue weighted by Gasteiger charge is 2.23. The molecular weight excluding hydrogens is 288 g/mol. The number of aromatic hydroxyl groups is 2. The van der Waals surface area contributed by atoms with Gasteiger partial charge in [-0.05, 0) is 5.56 Å². The molecule has 0 bridgehead atoms. The van der Waals surface area contributed by atoms with Gasteiger partial charge in [0.2, 0.25) is 5.75 Å². The van der Waals surface area contributed by atoms with Crippen LogP contribution in [0.3, 0.4) is 0 Å². The summed E-state index contributed by atoms with van der Waals surface area (Å²) in [4.78, 5) is 22.3. The van der Waals surface area contributed by atoms with Crippen LogP contribution >= 0.6 is 0 Å². The second kappa shape index (κ2) is 6.17. The molecule has 2 rings (SSSR count). The van der Waals surface area contributed by atoms with E-state index in [0.717, 1.165) is 19.9 Å². The van der Waals surface area contributed by atoms with Gasteiger partial charge in [0.1, 0.15) is 5.75 Å². The summed E-state index contributed by atoms with van der Waals surface area (Å²) in [5, 5.41) is 20.4. The highest BCUT2D eigenvalue weighted by Crippen LogP contribution is 2.49. The average Bonchev–Trinajstić information content (AvgIpc) is 2.44. The first-order valence-electron chi connectivity index (χ1n) is 6.41. The minimum absolute atomic E-state index is 0.129. The Kier molecular flexibility index (Phi) is 4.31. The Bertz CT molecular complexity index is 721. The number of carbonyl (C=O) groups is 2. The molecule has 0 spiro atoms. The molecule has 0 saturated carbocycles. The Morgan fingerprint density at radius 2 is 1.55 bits per heavy atom. The molecule has 2 aromatic rings. The molecule has 0 aliphatic heterocycles. The summed E-state index contributed by atoms with van der Waals surface area (Å²) in [7, 11) is 0. The van der Waals surface area contributed by atoms with Crippen LogP contribution in [-0.4, -0.2) is 22.2 Å². The van der Waals surface area contributed by atoms with E-state index in [2.05, 4.69) is 0 Å². The fourth-order valence-corrected chi connectivity index (χ4v) is 1.97. The molecule has 6 heteroatoms. The lowest BCUT2D eigenvalue weighted by Gasteiger charge is -2.15. The van der Waals surface area contributed by atoms with Crippen molar-refractivity contribution in [3.8, 4) is 34.1 Å². The zero-order valence-corrected chi connectivity index (χ0v) is 12.0. The predicted molar refractivity (Wildman–Crippen MR) is 77.8 cm³/mol. The molecule has 0 aromatic heterocycles. The summed E-state index contributed by atoms with van der Waals surface area (Å²) in [6.07, 6.45) is 0. The number of rotatable bonds is 3. The van der Waals surface area contributed by atoms with E-state index in [4.69, 9.17) is 9.47 Å². The van der Waals surface area contributed by atoms with Gasteiger partial charge in [0.05, 0.1) is 5.56 Å². The van der Waals surface area contributed by atoms with Gasteiger partial charge in [-0.25, -0.2) is 0 Å². The zero-order chi connectivity index (χ0) is 16.3. The highest BCUT2D eigenvalue weighted by atomic mass is 16.6. The molecule has 0 heterocycles. The lowest BCUT2D eigenvalue weighted by atomic mass is 10.0. The lowest BCUT2D eigenvalue weighted by molar-refractivity contribution is -0.132. The fraction of sp³-hybridized carbons (Fsp3) is 0.125. The number of phenols is 2. The Morgan fingerprint density at radius 1 is 0.955 bits per heavy atom. The van der Waals surface area contributed by atoms with Gasteiger partial charge < -0.3 is 19.7 Å². The number of hydrogen-bond acceptors (Lipinski definition) is 6. The predicted octanol–water partition coefficient (Wildman–Crippen LogP) is 2.62. The summed E-state index contributed by atoms with van der Waals surface area (Å²) in [6.45, 7) is 2.30. The summed E-state index contributed by atoms with van der Waals surface area (Å²) >= 11 is 0. The lowest BCUT2D eigenvalue weighted by Crippen LogP contribution is -2.06. The van der Waals surface area contributed by atoms with Crippen molar-refractivity contribution in [3.63, 3.8) is 0 Å². The SMILES string of the molecule is CC(=O)Oc1cc(O)c(-c2ccccc2)c(OC(C)=O)c1O. The Hall–Kier alpha value is -3.02. The number of carbonyl (C=O) groups excluding carboxylic acids is 2. The molecule has 114 valence electrons. The van der Waals surface area contributed by atoms with E-state index in [1.807, 2.05) is 0 Å². The van der Waals surface area contributed by atoms with E-state index >= 15 is 0 Å².